The van der Waals surface area contributed by atoms with E-state index < -0.39 is 0 Å². The maximum Gasteiger partial charge on any atom is 0.228 e. The van der Waals surface area contributed by atoms with Gasteiger partial charge < -0.3 is 10.1 Å². The molecule has 28 heavy (non-hydrogen) atoms. The van der Waals surface area contributed by atoms with Gasteiger partial charge in [-0.3, -0.25) is 9.59 Å². The molecule has 0 bridgehead atoms. The molecule has 0 heterocycles. The first-order valence-corrected chi connectivity index (χ1v) is 9.29. The van der Waals surface area contributed by atoms with E-state index in [0.29, 0.717) is 23.4 Å². The largest absolute Gasteiger partial charge is 0.494 e. The van der Waals surface area contributed by atoms with Gasteiger partial charge in [-0.25, -0.2) is 0 Å². The Kier molecular flexibility index (Phi) is 6.22. The third-order valence-electron chi connectivity index (χ3n) is 4.33. The summed E-state index contributed by atoms with van der Waals surface area (Å²) in [6, 6.07) is 22.0. The highest BCUT2D eigenvalue weighted by atomic mass is 16.5. The van der Waals surface area contributed by atoms with E-state index in [1.807, 2.05) is 68.4 Å². The van der Waals surface area contributed by atoms with Crippen LogP contribution in [0.5, 0.6) is 5.75 Å². The summed E-state index contributed by atoms with van der Waals surface area (Å²) >= 11 is 0. The standard InChI is InChI=1S/C24H23NO3/c1-3-28-20-12-10-18(11-13-20)16-23(26)25-22-14-9-17(2)15-21(22)24(27)19-7-5-4-6-8-19/h4-15H,3,16H2,1-2H3,(H,25,26). The minimum absolute atomic E-state index is 0.110. The Hall–Kier alpha value is -3.40. The highest BCUT2D eigenvalue weighted by molar-refractivity contribution is 6.14. The van der Waals surface area contributed by atoms with Crippen LogP contribution in [0.2, 0.25) is 0 Å². The van der Waals surface area contributed by atoms with Crippen molar-refractivity contribution in [1.82, 2.24) is 0 Å². The van der Waals surface area contributed by atoms with Gasteiger partial charge in [-0.2, -0.15) is 0 Å². The van der Waals surface area contributed by atoms with Gasteiger partial charge in [0.2, 0.25) is 5.91 Å². The van der Waals surface area contributed by atoms with E-state index in [4.69, 9.17) is 4.74 Å². The molecule has 0 aromatic heterocycles. The molecule has 0 radical (unpaired) electrons. The lowest BCUT2D eigenvalue weighted by molar-refractivity contribution is -0.115. The number of anilines is 1. The molecule has 0 aliphatic carbocycles. The van der Waals surface area contributed by atoms with Crippen molar-refractivity contribution in [3.63, 3.8) is 0 Å². The Morgan fingerprint density at radius 2 is 1.64 bits per heavy atom. The SMILES string of the molecule is CCOc1ccc(CC(=O)Nc2ccc(C)cc2C(=O)c2ccccc2)cc1. The van der Waals surface area contributed by atoms with Crippen molar-refractivity contribution in [2.24, 2.45) is 0 Å². The number of aryl methyl sites for hydroxylation is 1. The molecule has 1 amide bonds. The lowest BCUT2D eigenvalue weighted by Gasteiger charge is -2.12. The lowest BCUT2D eigenvalue weighted by atomic mass is 9.99. The van der Waals surface area contributed by atoms with Crippen LogP contribution in [0.1, 0.15) is 34.0 Å². The van der Waals surface area contributed by atoms with Crippen LogP contribution in [0, 0.1) is 6.92 Å². The summed E-state index contributed by atoms with van der Waals surface area (Å²) in [6.45, 7) is 4.45. The summed E-state index contributed by atoms with van der Waals surface area (Å²) in [4.78, 5) is 25.4. The number of nitrogens with one attached hydrogen (secondary N) is 1. The molecule has 4 heteroatoms. The van der Waals surface area contributed by atoms with Crippen LogP contribution in [0.3, 0.4) is 0 Å². The minimum atomic E-state index is -0.171. The maximum atomic E-state index is 12.9. The Balaban J connectivity index is 1.76. The summed E-state index contributed by atoms with van der Waals surface area (Å²) in [6.07, 6.45) is 0.221. The number of hydrogen-bond donors (Lipinski definition) is 1. The van der Waals surface area contributed by atoms with Gasteiger partial charge in [-0.05, 0) is 43.7 Å². The molecule has 1 N–H and O–H groups in total. The van der Waals surface area contributed by atoms with Gasteiger partial charge in [0.1, 0.15) is 5.75 Å². The van der Waals surface area contributed by atoms with Gasteiger partial charge in [0.15, 0.2) is 5.78 Å². The summed E-state index contributed by atoms with van der Waals surface area (Å²) in [5.74, 6) is 0.497. The molecular weight excluding hydrogens is 350 g/mol. The fourth-order valence-electron chi connectivity index (χ4n) is 2.95. The van der Waals surface area contributed by atoms with E-state index in [1.54, 1.807) is 18.2 Å². The Morgan fingerprint density at radius 1 is 0.929 bits per heavy atom. The molecule has 3 aromatic rings. The van der Waals surface area contributed by atoms with Crippen molar-refractivity contribution in [3.8, 4) is 5.75 Å². The van der Waals surface area contributed by atoms with Crippen molar-refractivity contribution < 1.29 is 14.3 Å². The van der Waals surface area contributed by atoms with Gasteiger partial charge in [0.05, 0.1) is 18.7 Å². The molecule has 0 saturated carbocycles. The Morgan fingerprint density at radius 3 is 2.32 bits per heavy atom. The quantitative estimate of drug-likeness (QED) is 0.605. The third-order valence-corrected chi connectivity index (χ3v) is 4.33. The second-order valence-electron chi connectivity index (χ2n) is 6.55. The topological polar surface area (TPSA) is 55.4 Å². The number of ether oxygens (including phenoxy) is 1. The average molecular weight is 373 g/mol. The fourth-order valence-corrected chi connectivity index (χ4v) is 2.95. The number of rotatable bonds is 7. The van der Waals surface area contributed by atoms with Gasteiger partial charge in [-0.1, -0.05) is 54.1 Å². The monoisotopic (exact) mass is 373 g/mol. The third kappa shape index (κ3) is 4.86. The van der Waals surface area contributed by atoms with Crippen molar-refractivity contribution in [3.05, 3.63) is 95.1 Å². The minimum Gasteiger partial charge on any atom is -0.494 e. The Labute approximate surface area is 165 Å². The smallest absolute Gasteiger partial charge is 0.228 e. The molecule has 0 spiro atoms. The zero-order chi connectivity index (χ0) is 19.9. The van der Waals surface area contributed by atoms with E-state index in [2.05, 4.69) is 5.32 Å². The van der Waals surface area contributed by atoms with Crippen LogP contribution in [0.15, 0.2) is 72.8 Å². The molecule has 0 aliphatic heterocycles. The second-order valence-corrected chi connectivity index (χ2v) is 6.55. The van der Waals surface area contributed by atoms with E-state index in [-0.39, 0.29) is 18.1 Å². The average Bonchev–Trinajstić information content (AvgIpc) is 2.71. The molecule has 142 valence electrons. The Bertz CT molecular complexity index is 963. The lowest BCUT2D eigenvalue weighted by Crippen LogP contribution is -2.17. The maximum absolute atomic E-state index is 12.9. The summed E-state index contributed by atoms with van der Waals surface area (Å²) < 4.78 is 5.42. The number of carbonyl (C=O) groups excluding carboxylic acids is 2. The van der Waals surface area contributed by atoms with E-state index in [9.17, 15) is 9.59 Å². The fraction of sp³-hybridized carbons (Fsp3) is 0.167. The van der Waals surface area contributed by atoms with Crippen LogP contribution in [0.4, 0.5) is 5.69 Å². The normalized spacial score (nSPS) is 10.4. The van der Waals surface area contributed by atoms with Gasteiger partial charge in [-0.15, -0.1) is 0 Å². The zero-order valence-corrected chi connectivity index (χ0v) is 16.1. The molecule has 0 saturated heterocycles. The van der Waals surface area contributed by atoms with Crippen LogP contribution >= 0.6 is 0 Å². The molecule has 0 unspecified atom stereocenters. The number of carbonyl (C=O) groups is 2. The highest BCUT2D eigenvalue weighted by Gasteiger charge is 2.16. The predicted molar refractivity (Wildman–Crippen MR) is 111 cm³/mol. The molecule has 0 aliphatic rings. The summed E-state index contributed by atoms with van der Waals surface area (Å²) in [7, 11) is 0. The van der Waals surface area contributed by atoms with Gasteiger partial charge in [0, 0.05) is 11.1 Å². The molecule has 0 atom stereocenters. The number of amides is 1. The van der Waals surface area contributed by atoms with E-state index in [1.165, 1.54) is 0 Å². The van der Waals surface area contributed by atoms with E-state index >= 15 is 0 Å². The molecular formula is C24H23NO3. The van der Waals surface area contributed by atoms with Crippen molar-refractivity contribution in [2.75, 3.05) is 11.9 Å². The number of ketones is 1. The first-order chi connectivity index (χ1) is 13.6. The summed E-state index contributed by atoms with van der Waals surface area (Å²) in [5.41, 5.74) is 3.45. The van der Waals surface area contributed by atoms with Crippen LogP contribution < -0.4 is 10.1 Å². The molecule has 3 aromatic carbocycles. The zero-order valence-electron chi connectivity index (χ0n) is 16.1. The number of benzene rings is 3. The summed E-state index contributed by atoms with van der Waals surface area (Å²) in [5, 5.41) is 2.89. The first kappa shape index (κ1) is 19.4. The first-order valence-electron chi connectivity index (χ1n) is 9.29. The van der Waals surface area contributed by atoms with Crippen molar-refractivity contribution in [2.45, 2.75) is 20.3 Å². The van der Waals surface area contributed by atoms with Gasteiger partial charge in [0.25, 0.3) is 0 Å². The van der Waals surface area contributed by atoms with Crippen molar-refractivity contribution in [1.29, 1.82) is 0 Å². The highest BCUT2D eigenvalue weighted by Crippen LogP contribution is 2.22. The number of hydrogen-bond acceptors (Lipinski definition) is 3. The molecule has 3 rings (SSSR count). The van der Waals surface area contributed by atoms with Gasteiger partial charge >= 0.3 is 0 Å². The van der Waals surface area contributed by atoms with Crippen LogP contribution in [-0.2, 0) is 11.2 Å². The van der Waals surface area contributed by atoms with E-state index in [0.717, 1.165) is 16.9 Å². The second kappa shape index (κ2) is 9.00. The van der Waals surface area contributed by atoms with Crippen LogP contribution in [-0.4, -0.2) is 18.3 Å². The molecule has 0 fully saturated rings. The van der Waals surface area contributed by atoms with Crippen molar-refractivity contribution >= 4 is 17.4 Å². The molecule has 4 nitrogen and oxygen atoms in total. The predicted octanol–water partition coefficient (Wildman–Crippen LogP) is 4.81. The van der Waals surface area contributed by atoms with Crippen LogP contribution in [0.25, 0.3) is 0 Å².